The van der Waals surface area contributed by atoms with E-state index in [4.69, 9.17) is 9.84 Å². The molecule has 1 aromatic carbocycles. The first kappa shape index (κ1) is 14.6. The third-order valence-corrected chi connectivity index (χ3v) is 3.01. The summed E-state index contributed by atoms with van der Waals surface area (Å²) >= 11 is 0. The largest absolute Gasteiger partial charge is 0.493 e. The van der Waals surface area contributed by atoms with E-state index in [0.29, 0.717) is 12.4 Å². The molecule has 1 unspecified atom stereocenters. The van der Waals surface area contributed by atoms with Crippen LogP contribution in [0.2, 0.25) is 0 Å². The molecule has 0 aliphatic rings. The molecule has 0 bridgehead atoms. The van der Waals surface area contributed by atoms with Crippen molar-refractivity contribution in [1.82, 2.24) is 0 Å². The number of carboxylic acids is 1. The van der Waals surface area contributed by atoms with Crippen LogP contribution in [0.4, 0.5) is 0 Å². The van der Waals surface area contributed by atoms with E-state index in [0.717, 1.165) is 18.4 Å². The number of unbranched alkanes of at least 4 members (excludes halogenated alkanes) is 3. The van der Waals surface area contributed by atoms with Crippen molar-refractivity contribution in [3.63, 3.8) is 0 Å². The third-order valence-electron chi connectivity index (χ3n) is 3.01. The lowest BCUT2D eigenvalue weighted by Crippen LogP contribution is -2.10. The van der Waals surface area contributed by atoms with Crippen LogP contribution in [0.25, 0.3) is 0 Å². The van der Waals surface area contributed by atoms with Gasteiger partial charge in [-0.05, 0) is 19.4 Å². The summed E-state index contributed by atoms with van der Waals surface area (Å²) in [6, 6.07) is 7.38. The smallest absolute Gasteiger partial charge is 0.310 e. The first-order chi connectivity index (χ1) is 8.66. The van der Waals surface area contributed by atoms with Crippen LogP contribution in [0.5, 0.6) is 5.75 Å². The first-order valence-corrected chi connectivity index (χ1v) is 6.61. The van der Waals surface area contributed by atoms with Gasteiger partial charge in [-0.1, -0.05) is 44.4 Å². The molecular weight excluding hydrogens is 228 g/mol. The minimum absolute atomic E-state index is 0.531. The lowest BCUT2D eigenvalue weighted by molar-refractivity contribution is -0.138. The Morgan fingerprint density at radius 1 is 1.28 bits per heavy atom. The predicted octanol–water partition coefficient (Wildman–Crippen LogP) is 3.83. The van der Waals surface area contributed by atoms with Crippen molar-refractivity contribution in [3.8, 4) is 5.75 Å². The summed E-state index contributed by atoms with van der Waals surface area (Å²) in [5.41, 5.74) is 0.750. The van der Waals surface area contributed by atoms with Crippen LogP contribution in [-0.2, 0) is 4.79 Å². The van der Waals surface area contributed by atoms with E-state index in [1.807, 2.05) is 24.3 Å². The maximum atomic E-state index is 11.0. The van der Waals surface area contributed by atoms with Gasteiger partial charge in [-0.3, -0.25) is 4.79 Å². The zero-order valence-electron chi connectivity index (χ0n) is 11.2. The van der Waals surface area contributed by atoms with Gasteiger partial charge >= 0.3 is 5.97 Å². The number of ether oxygens (including phenoxy) is 1. The fourth-order valence-corrected chi connectivity index (χ4v) is 1.81. The van der Waals surface area contributed by atoms with Crippen molar-refractivity contribution >= 4 is 5.97 Å². The molecule has 0 radical (unpaired) electrons. The molecule has 1 atom stereocenters. The molecule has 3 heteroatoms. The Kier molecular flexibility index (Phi) is 6.26. The molecule has 0 aromatic heterocycles. The van der Waals surface area contributed by atoms with E-state index in [1.165, 1.54) is 12.8 Å². The molecule has 0 saturated heterocycles. The average molecular weight is 250 g/mol. The summed E-state index contributed by atoms with van der Waals surface area (Å²) in [7, 11) is 0. The molecule has 0 amide bonds. The van der Waals surface area contributed by atoms with Crippen molar-refractivity contribution in [1.29, 1.82) is 0 Å². The highest BCUT2D eigenvalue weighted by Gasteiger charge is 2.17. The Morgan fingerprint density at radius 3 is 2.67 bits per heavy atom. The second-order valence-corrected chi connectivity index (χ2v) is 4.51. The minimum atomic E-state index is -0.822. The van der Waals surface area contributed by atoms with Crippen LogP contribution < -0.4 is 4.74 Å². The Morgan fingerprint density at radius 2 is 2.00 bits per heavy atom. The topological polar surface area (TPSA) is 46.5 Å². The van der Waals surface area contributed by atoms with Gasteiger partial charge in [-0.25, -0.2) is 0 Å². The third kappa shape index (κ3) is 4.40. The molecule has 0 heterocycles. The molecule has 100 valence electrons. The van der Waals surface area contributed by atoms with Crippen LogP contribution in [-0.4, -0.2) is 17.7 Å². The highest BCUT2D eigenvalue weighted by Crippen LogP contribution is 2.26. The van der Waals surface area contributed by atoms with Crippen molar-refractivity contribution in [2.24, 2.45) is 0 Å². The van der Waals surface area contributed by atoms with Gasteiger partial charge in [-0.15, -0.1) is 0 Å². The molecule has 0 fully saturated rings. The summed E-state index contributed by atoms with van der Waals surface area (Å²) in [6.07, 6.45) is 4.60. The lowest BCUT2D eigenvalue weighted by atomic mass is 10.0. The van der Waals surface area contributed by atoms with Gasteiger partial charge in [-0.2, -0.15) is 0 Å². The van der Waals surface area contributed by atoms with Gasteiger partial charge in [0.15, 0.2) is 0 Å². The van der Waals surface area contributed by atoms with E-state index in [9.17, 15) is 4.79 Å². The number of aliphatic carboxylic acids is 1. The van der Waals surface area contributed by atoms with Gasteiger partial charge < -0.3 is 9.84 Å². The van der Waals surface area contributed by atoms with Crippen LogP contribution in [0.15, 0.2) is 24.3 Å². The number of hydrogen-bond donors (Lipinski definition) is 1. The maximum absolute atomic E-state index is 11.0. The number of carbonyl (C=O) groups is 1. The molecule has 0 aliphatic carbocycles. The van der Waals surface area contributed by atoms with Crippen LogP contribution >= 0.6 is 0 Å². The molecule has 0 saturated carbocycles. The molecule has 3 nitrogen and oxygen atoms in total. The predicted molar refractivity (Wildman–Crippen MR) is 72.1 cm³/mol. The fraction of sp³-hybridized carbons (Fsp3) is 0.533. The van der Waals surface area contributed by atoms with E-state index < -0.39 is 11.9 Å². The highest BCUT2D eigenvalue weighted by molar-refractivity contribution is 5.76. The maximum Gasteiger partial charge on any atom is 0.310 e. The van der Waals surface area contributed by atoms with Gasteiger partial charge in [0.25, 0.3) is 0 Å². The Labute approximate surface area is 109 Å². The van der Waals surface area contributed by atoms with Crippen LogP contribution in [0.1, 0.15) is 51.0 Å². The second-order valence-electron chi connectivity index (χ2n) is 4.51. The van der Waals surface area contributed by atoms with Crippen molar-refractivity contribution in [3.05, 3.63) is 29.8 Å². The molecule has 1 rings (SSSR count). The Bertz CT molecular complexity index is 374. The van der Waals surface area contributed by atoms with Gasteiger partial charge in [0, 0.05) is 5.56 Å². The highest BCUT2D eigenvalue weighted by atomic mass is 16.5. The SMILES string of the molecule is CCCCCCOc1ccccc1C(C)C(=O)O. The van der Waals surface area contributed by atoms with E-state index in [1.54, 1.807) is 6.92 Å². The molecule has 1 N–H and O–H groups in total. The normalized spacial score (nSPS) is 12.1. The van der Waals surface area contributed by atoms with Crippen molar-refractivity contribution < 1.29 is 14.6 Å². The zero-order valence-corrected chi connectivity index (χ0v) is 11.2. The summed E-state index contributed by atoms with van der Waals surface area (Å²) < 4.78 is 5.69. The zero-order chi connectivity index (χ0) is 13.4. The number of rotatable bonds is 8. The van der Waals surface area contributed by atoms with Crippen molar-refractivity contribution in [2.45, 2.75) is 45.4 Å². The monoisotopic (exact) mass is 250 g/mol. The summed E-state index contributed by atoms with van der Waals surface area (Å²) in [6.45, 7) is 4.51. The average Bonchev–Trinajstić information content (AvgIpc) is 2.38. The fourth-order valence-electron chi connectivity index (χ4n) is 1.81. The molecule has 1 aromatic rings. The quantitative estimate of drug-likeness (QED) is 0.713. The van der Waals surface area contributed by atoms with E-state index >= 15 is 0 Å². The summed E-state index contributed by atoms with van der Waals surface area (Å²) in [4.78, 5) is 11.0. The summed E-state index contributed by atoms with van der Waals surface area (Å²) in [5.74, 6) is -0.655. The number of para-hydroxylation sites is 1. The standard InChI is InChI=1S/C15H22O3/c1-3-4-5-8-11-18-14-10-7-6-9-13(14)12(2)15(16)17/h6-7,9-10,12H,3-5,8,11H2,1-2H3,(H,16,17). The molecule has 18 heavy (non-hydrogen) atoms. The molecular formula is C15H22O3. The number of carboxylic acid groups (broad SMARTS) is 1. The van der Waals surface area contributed by atoms with E-state index in [-0.39, 0.29) is 0 Å². The van der Waals surface area contributed by atoms with E-state index in [2.05, 4.69) is 6.92 Å². The van der Waals surface area contributed by atoms with Gasteiger partial charge in [0.1, 0.15) is 5.75 Å². The molecule has 0 aliphatic heterocycles. The number of hydrogen-bond acceptors (Lipinski definition) is 2. The van der Waals surface area contributed by atoms with Gasteiger partial charge in [0.2, 0.25) is 0 Å². The summed E-state index contributed by atoms with van der Waals surface area (Å²) in [5, 5.41) is 9.05. The number of benzene rings is 1. The second kappa shape index (κ2) is 7.75. The minimum Gasteiger partial charge on any atom is -0.493 e. The first-order valence-electron chi connectivity index (χ1n) is 6.61. The Balaban J connectivity index is 2.57. The van der Waals surface area contributed by atoms with Gasteiger partial charge in [0.05, 0.1) is 12.5 Å². The van der Waals surface area contributed by atoms with Crippen LogP contribution in [0.3, 0.4) is 0 Å². The lowest BCUT2D eigenvalue weighted by Gasteiger charge is -2.14. The molecule has 0 spiro atoms. The van der Waals surface area contributed by atoms with Crippen molar-refractivity contribution in [2.75, 3.05) is 6.61 Å². The Hall–Kier alpha value is -1.51. The van der Waals surface area contributed by atoms with Crippen LogP contribution in [0, 0.1) is 0 Å².